The highest BCUT2D eigenvalue weighted by atomic mass is 16.2. The minimum absolute atomic E-state index is 0.000888. The van der Waals surface area contributed by atoms with E-state index < -0.39 is 0 Å². The van der Waals surface area contributed by atoms with E-state index in [-0.39, 0.29) is 17.9 Å². The largest absolute Gasteiger partial charge is 0.355 e. The van der Waals surface area contributed by atoms with Gasteiger partial charge in [-0.1, -0.05) is 117 Å². The van der Waals surface area contributed by atoms with Gasteiger partial charge in [-0.2, -0.15) is 0 Å². The first-order chi connectivity index (χ1) is 12.6. The lowest BCUT2D eigenvalue weighted by atomic mass is 10.0. The molecule has 0 aliphatic rings. The summed E-state index contributed by atoms with van der Waals surface area (Å²) in [5.74, 6) is 0.210. The Labute approximate surface area is 164 Å². The molecule has 0 saturated heterocycles. The van der Waals surface area contributed by atoms with E-state index in [1.54, 1.807) is 0 Å². The van der Waals surface area contributed by atoms with Gasteiger partial charge < -0.3 is 11.1 Å². The summed E-state index contributed by atoms with van der Waals surface area (Å²) >= 11 is 0. The fourth-order valence-corrected chi connectivity index (χ4v) is 3.31. The second-order valence-electron chi connectivity index (χ2n) is 8.36. The molecule has 0 aliphatic heterocycles. The van der Waals surface area contributed by atoms with Gasteiger partial charge in [-0.05, 0) is 12.3 Å². The molecule has 0 bridgehead atoms. The molecule has 0 fully saturated rings. The molecule has 0 spiro atoms. The molecule has 0 aromatic rings. The van der Waals surface area contributed by atoms with Crippen molar-refractivity contribution in [1.82, 2.24) is 5.32 Å². The van der Waals surface area contributed by atoms with Crippen molar-refractivity contribution in [1.29, 1.82) is 0 Å². The number of hydrogen-bond acceptors (Lipinski definition) is 2. The van der Waals surface area contributed by atoms with Gasteiger partial charge in [-0.15, -0.1) is 0 Å². The summed E-state index contributed by atoms with van der Waals surface area (Å²) in [5, 5.41) is 2.95. The summed E-state index contributed by atoms with van der Waals surface area (Å²) < 4.78 is 0. The maximum Gasteiger partial charge on any atom is 0.237 e. The molecule has 1 unspecified atom stereocenters. The highest BCUT2D eigenvalue weighted by Crippen LogP contribution is 2.13. The Morgan fingerprint density at radius 2 is 1.04 bits per heavy atom. The highest BCUT2D eigenvalue weighted by molar-refractivity contribution is 5.81. The van der Waals surface area contributed by atoms with Crippen LogP contribution in [0.4, 0.5) is 0 Å². The maximum absolute atomic E-state index is 11.7. The molecule has 1 atom stereocenters. The van der Waals surface area contributed by atoms with Gasteiger partial charge in [0.25, 0.3) is 0 Å². The van der Waals surface area contributed by atoms with Gasteiger partial charge in [0, 0.05) is 6.54 Å². The lowest BCUT2D eigenvalue weighted by Gasteiger charge is -2.15. The fraction of sp³-hybridized carbons (Fsp3) is 0.957. The molecule has 156 valence electrons. The Kier molecular flexibility index (Phi) is 18.8. The second-order valence-corrected chi connectivity index (χ2v) is 8.36. The Morgan fingerprint density at radius 1 is 0.692 bits per heavy atom. The van der Waals surface area contributed by atoms with Crippen LogP contribution in [-0.2, 0) is 4.79 Å². The third-order valence-corrected chi connectivity index (χ3v) is 5.35. The first kappa shape index (κ1) is 25.4. The molecule has 0 radical (unpaired) electrons. The van der Waals surface area contributed by atoms with E-state index in [4.69, 9.17) is 5.73 Å². The number of nitrogens with two attached hydrogens (primary N) is 1. The molecule has 0 aromatic heterocycles. The third kappa shape index (κ3) is 16.9. The zero-order chi connectivity index (χ0) is 19.5. The summed E-state index contributed by atoms with van der Waals surface area (Å²) in [6.45, 7) is 7.03. The number of hydrogen-bond donors (Lipinski definition) is 2. The number of carbonyl (C=O) groups excluding carboxylic acids is 1. The van der Waals surface area contributed by atoms with Crippen molar-refractivity contribution in [2.24, 2.45) is 11.7 Å². The molecular weight excluding hydrogens is 320 g/mol. The second kappa shape index (κ2) is 19.2. The number of amides is 1. The van der Waals surface area contributed by atoms with Crippen LogP contribution in [0, 0.1) is 5.92 Å². The summed E-state index contributed by atoms with van der Waals surface area (Å²) in [6.07, 6.45) is 22.0. The molecule has 0 heterocycles. The lowest BCUT2D eigenvalue weighted by molar-refractivity contribution is -0.123. The first-order valence-electron chi connectivity index (χ1n) is 11.6. The maximum atomic E-state index is 11.7. The predicted octanol–water partition coefficient (Wildman–Crippen LogP) is 6.35. The summed E-state index contributed by atoms with van der Waals surface area (Å²) in [5.41, 5.74) is 5.82. The van der Waals surface area contributed by atoms with E-state index in [1.807, 2.05) is 13.8 Å². The Balaban J connectivity index is 3.15. The number of nitrogens with one attached hydrogen (secondary N) is 1. The van der Waals surface area contributed by atoms with E-state index in [0.717, 1.165) is 13.0 Å². The van der Waals surface area contributed by atoms with E-state index in [0.29, 0.717) is 0 Å². The minimum atomic E-state index is -0.365. The summed E-state index contributed by atoms with van der Waals surface area (Å²) in [6, 6.07) is -0.365. The van der Waals surface area contributed by atoms with E-state index in [9.17, 15) is 4.79 Å². The number of carbonyl (C=O) groups is 1. The van der Waals surface area contributed by atoms with Crippen LogP contribution >= 0.6 is 0 Å². The van der Waals surface area contributed by atoms with Crippen molar-refractivity contribution in [3.05, 3.63) is 0 Å². The molecular formula is C23H48N2O. The van der Waals surface area contributed by atoms with Crippen LogP contribution in [0.2, 0.25) is 0 Å². The van der Waals surface area contributed by atoms with Crippen molar-refractivity contribution in [3.8, 4) is 0 Å². The standard InChI is InChI=1S/C23H48N2O/c1-4-5-6-7-8-9-10-11-12-13-14-15-16-17-18-19-20-25-23(26)22(24)21(2)3/h21-22H,4-20,24H2,1-3H3,(H,25,26). The topological polar surface area (TPSA) is 55.1 Å². The van der Waals surface area contributed by atoms with Gasteiger partial charge >= 0.3 is 0 Å². The molecule has 1 amide bonds. The highest BCUT2D eigenvalue weighted by Gasteiger charge is 2.15. The van der Waals surface area contributed by atoms with Gasteiger partial charge in [0.1, 0.15) is 0 Å². The number of unbranched alkanes of at least 4 members (excludes halogenated alkanes) is 15. The van der Waals surface area contributed by atoms with Gasteiger partial charge in [0.15, 0.2) is 0 Å². The third-order valence-electron chi connectivity index (χ3n) is 5.35. The fourth-order valence-electron chi connectivity index (χ4n) is 3.31. The van der Waals surface area contributed by atoms with E-state index in [1.165, 1.54) is 96.3 Å². The van der Waals surface area contributed by atoms with Crippen LogP contribution in [-0.4, -0.2) is 18.5 Å². The van der Waals surface area contributed by atoms with Crippen LogP contribution in [0.25, 0.3) is 0 Å². The van der Waals surface area contributed by atoms with Crippen LogP contribution < -0.4 is 11.1 Å². The predicted molar refractivity (Wildman–Crippen MR) is 115 cm³/mol. The van der Waals surface area contributed by atoms with Crippen LogP contribution in [0.3, 0.4) is 0 Å². The van der Waals surface area contributed by atoms with Gasteiger partial charge in [0.05, 0.1) is 6.04 Å². The summed E-state index contributed by atoms with van der Waals surface area (Å²) in [7, 11) is 0. The van der Waals surface area contributed by atoms with Gasteiger partial charge in [-0.25, -0.2) is 0 Å². The van der Waals surface area contributed by atoms with Crippen LogP contribution in [0.5, 0.6) is 0 Å². The zero-order valence-electron chi connectivity index (χ0n) is 18.2. The van der Waals surface area contributed by atoms with Crippen molar-refractivity contribution in [2.45, 2.75) is 130 Å². The van der Waals surface area contributed by atoms with E-state index >= 15 is 0 Å². The molecule has 26 heavy (non-hydrogen) atoms. The Morgan fingerprint density at radius 3 is 1.38 bits per heavy atom. The van der Waals surface area contributed by atoms with Crippen molar-refractivity contribution < 1.29 is 4.79 Å². The Bertz CT molecular complexity index is 305. The minimum Gasteiger partial charge on any atom is -0.355 e. The molecule has 3 N–H and O–H groups in total. The first-order valence-corrected chi connectivity index (χ1v) is 11.6. The van der Waals surface area contributed by atoms with Gasteiger partial charge in [-0.3, -0.25) is 4.79 Å². The average molecular weight is 369 g/mol. The average Bonchev–Trinajstić information content (AvgIpc) is 2.63. The van der Waals surface area contributed by atoms with Crippen molar-refractivity contribution in [3.63, 3.8) is 0 Å². The molecule has 3 heteroatoms. The zero-order valence-corrected chi connectivity index (χ0v) is 18.2. The van der Waals surface area contributed by atoms with Crippen molar-refractivity contribution in [2.75, 3.05) is 6.54 Å². The molecule has 0 saturated carbocycles. The monoisotopic (exact) mass is 368 g/mol. The van der Waals surface area contributed by atoms with Gasteiger partial charge in [0.2, 0.25) is 5.91 Å². The molecule has 0 rings (SSSR count). The lowest BCUT2D eigenvalue weighted by Crippen LogP contribution is -2.44. The molecule has 0 aliphatic carbocycles. The van der Waals surface area contributed by atoms with Crippen molar-refractivity contribution >= 4 is 5.91 Å². The van der Waals surface area contributed by atoms with Crippen LogP contribution in [0.15, 0.2) is 0 Å². The van der Waals surface area contributed by atoms with E-state index in [2.05, 4.69) is 12.2 Å². The Hall–Kier alpha value is -0.570. The molecule has 3 nitrogen and oxygen atoms in total. The summed E-state index contributed by atoms with van der Waals surface area (Å²) in [4.78, 5) is 11.7. The van der Waals surface area contributed by atoms with Crippen LogP contribution in [0.1, 0.15) is 124 Å². The quantitative estimate of drug-likeness (QED) is 0.261. The number of rotatable bonds is 19. The molecule has 0 aromatic carbocycles. The normalized spacial score (nSPS) is 12.5. The SMILES string of the molecule is CCCCCCCCCCCCCCCCCCNC(=O)C(N)C(C)C. The smallest absolute Gasteiger partial charge is 0.237 e.